The highest BCUT2D eigenvalue weighted by molar-refractivity contribution is 6.70. The normalized spacial score (nSPS) is 36.5. The number of aliphatic hydroxyl groups excluding tert-OH is 8. The van der Waals surface area contributed by atoms with Crippen LogP contribution in [0.5, 0.6) is 0 Å². The van der Waals surface area contributed by atoms with Gasteiger partial charge in [0, 0.05) is 25.0 Å². The molecule has 0 unspecified atom stereocenters. The van der Waals surface area contributed by atoms with E-state index in [0.29, 0.717) is 13.0 Å². The topological polar surface area (TPSA) is 222 Å². The first-order valence-corrected chi connectivity index (χ1v) is 29.7. The van der Waals surface area contributed by atoms with Crippen LogP contribution in [0.1, 0.15) is 18.9 Å². The molecule has 3 fully saturated rings. The van der Waals surface area contributed by atoms with Crippen molar-refractivity contribution in [3.63, 3.8) is 0 Å². The fraction of sp³-hybridized carbons (Fsp3) is 0.789. The van der Waals surface area contributed by atoms with E-state index < -0.39 is 86.4 Å². The molecule has 0 spiro atoms. The molecular weight excluding hydrogens is 773 g/mol. The zero-order valence-corrected chi connectivity index (χ0v) is 37.8. The quantitative estimate of drug-likeness (QED) is 0.112. The van der Waals surface area contributed by atoms with Crippen LogP contribution in [0.4, 0.5) is 0 Å². The third kappa shape index (κ3) is 15.5. The van der Waals surface area contributed by atoms with Crippen LogP contribution in [-0.2, 0) is 19.7 Å². The molecule has 15 nitrogen and oxygen atoms in total. The lowest BCUT2D eigenvalue weighted by molar-refractivity contribution is -0.119. The summed E-state index contributed by atoms with van der Waals surface area (Å²) in [5, 5.41) is 80.5. The zero-order valence-electron chi connectivity index (χ0n) is 34.8. The standard InChI is InChI=1S/C18H39NO3Si3.C13H19NO4.C7H12N2O4/c1-14-16(19-2)12-15(13-20-23(3,4)5)18(22-25(9,10)11)17(14)21-24(6,7)8;15-7-10-12(17)13(18)11(16)9(14-10)6-8-4-2-1-3-5-8;1-8-7-6(13)5(12)4(11)3(2-10)9-7/h14-18H,12-13H2,1,3-11H3;1-5,9-18H,6-7H2;3-7,9-13H,2H2/t14-,15+,16-,17+,18+;9-,10-,11+,12-,13-;3-,4-,5+,6-,7+/m011/s1. The molecule has 2 aliphatic heterocycles. The Labute approximate surface area is 337 Å². The first kappa shape index (κ1) is 50.5. The van der Waals surface area contributed by atoms with Crippen LogP contribution in [-0.4, -0.2) is 165 Å². The summed E-state index contributed by atoms with van der Waals surface area (Å²) in [4.78, 5) is 6.95. The lowest BCUT2D eigenvalue weighted by Gasteiger charge is -2.46. The molecule has 2 heterocycles. The van der Waals surface area contributed by atoms with Gasteiger partial charge in [0.05, 0.1) is 55.6 Å². The van der Waals surface area contributed by atoms with Crippen LogP contribution >= 0.6 is 0 Å². The maximum atomic E-state index is 9.93. The molecule has 4 rings (SSSR count). The lowest BCUT2D eigenvalue weighted by atomic mass is 9.75. The van der Waals surface area contributed by atoms with E-state index in [2.05, 4.69) is 86.2 Å². The van der Waals surface area contributed by atoms with Gasteiger partial charge >= 0.3 is 6.17 Å². The van der Waals surface area contributed by atoms with Gasteiger partial charge in [0.15, 0.2) is 31.1 Å². The second-order valence-corrected chi connectivity index (χ2v) is 31.5. The molecule has 0 amide bonds. The molecule has 18 heteroatoms. The van der Waals surface area contributed by atoms with Crippen molar-refractivity contribution in [2.45, 2.75) is 158 Å². The lowest BCUT2D eigenvalue weighted by Crippen LogP contribution is -2.66. The number of benzene rings is 1. The molecule has 0 bridgehead atoms. The van der Waals surface area contributed by atoms with Gasteiger partial charge < -0.3 is 64.3 Å². The Morgan fingerprint density at radius 2 is 1.12 bits per heavy atom. The Kier molecular flexibility index (Phi) is 19.9. The first-order valence-electron chi connectivity index (χ1n) is 19.5. The Hall–Kier alpha value is -1.67. The summed E-state index contributed by atoms with van der Waals surface area (Å²) in [6.07, 6.45) is -6.96. The number of piperidine rings is 2. The number of aliphatic hydroxyl groups is 8. The van der Waals surface area contributed by atoms with Gasteiger partial charge in [-0.1, -0.05) is 37.3 Å². The highest BCUT2D eigenvalue weighted by atomic mass is 28.4. The summed E-state index contributed by atoms with van der Waals surface area (Å²) in [5.74, 6) is 0.448. The highest BCUT2D eigenvalue weighted by Gasteiger charge is 2.50. The van der Waals surface area contributed by atoms with Crippen molar-refractivity contribution >= 4 is 25.0 Å². The summed E-state index contributed by atoms with van der Waals surface area (Å²) in [7, 11) is -5.06. The van der Waals surface area contributed by atoms with Gasteiger partial charge in [0.25, 0.3) is 0 Å². The van der Waals surface area contributed by atoms with Gasteiger partial charge in [-0.05, 0) is 70.9 Å². The van der Waals surface area contributed by atoms with E-state index in [-0.39, 0.29) is 42.7 Å². The summed E-state index contributed by atoms with van der Waals surface area (Å²) in [6.45, 7) is 36.5. The van der Waals surface area contributed by atoms with Crippen LogP contribution in [0, 0.1) is 25.0 Å². The highest BCUT2D eigenvalue weighted by Crippen LogP contribution is 2.38. The molecule has 1 aromatic rings. The van der Waals surface area contributed by atoms with Crippen LogP contribution in [0.2, 0.25) is 58.9 Å². The minimum Gasteiger partial charge on any atom is -0.417 e. The molecule has 3 aliphatic rings. The van der Waals surface area contributed by atoms with Gasteiger partial charge in [0.2, 0.25) is 6.04 Å². The molecule has 1 saturated carbocycles. The average Bonchev–Trinajstić information content (AvgIpc) is 3.12. The monoisotopic (exact) mass is 842 g/mol. The van der Waals surface area contributed by atoms with Crippen molar-refractivity contribution in [2.75, 3.05) is 19.8 Å². The number of hydrogen-bond donors (Lipinski definition) is 10. The minimum absolute atomic E-state index is 0.00137. The molecule has 2 saturated heterocycles. The third-order valence-electron chi connectivity index (χ3n) is 9.94. The molecule has 10 N–H and O–H groups in total. The van der Waals surface area contributed by atoms with E-state index in [1.807, 2.05) is 30.3 Å². The maximum Gasteiger partial charge on any atom is 0.306 e. The summed E-state index contributed by atoms with van der Waals surface area (Å²) < 4.78 is 19.5. The Balaban J connectivity index is 0.000000306. The fourth-order valence-corrected chi connectivity index (χ4v) is 9.99. The Bertz CT molecular complexity index is 1380. The summed E-state index contributed by atoms with van der Waals surface area (Å²) >= 11 is 0. The van der Waals surface area contributed by atoms with Crippen LogP contribution in [0.3, 0.4) is 0 Å². The second-order valence-electron chi connectivity index (χ2n) is 18.1. The molecular formula is C38H70N4O11Si3. The van der Waals surface area contributed by atoms with Crippen molar-refractivity contribution < 1.29 is 54.1 Å². The van der Waals surface area contributed by atoms with Crippen molar-refractivity contribution in [3.8, 4) is 0 Å². The van der Waals surface area contributed by atoms with Gasteiger partial charge in [-0.25, -0.2) is 18.5 Å². The van der Waals surface area contributed by atoms with Crippen molar-refractivity contribution in [3.05, 3.63) is 58.7 Å². The molecule has 1 aromatic carbocycles. The van der Waals surface area contributed by atoms with E-state index in [1.54, 1.807) is 0 Å². The smallest absolute Gasteiger partial charge is 0.306 e. The third-order valence-corrected chi connectivity index (χ3v) is 12.9. The number of hydrogen-bond acceptors (Lipinski definition) is 13. The fourth-order valence-electron chi connectivity index (χ4n) is 6.97. The van der Waals surface area contributed by atoms with E-state index in [9.17, 15) is 30.6 Å². The Morgan fingerprint density at radius 3 is 1.59 bits per heavy atom. The van der Waals surface area contributed by atoms with E-state index >= 15 is 0 Å². The number of nitrogens with zero attached hydrogens (tertiary/aromatic N) is 2. The predicted octanol–water partition coefficient (Wildman–Crippen LogP) is 1.15. The Morgan fingerprint density at radius 1 is 0.643 bits per heavy atom. The van der Waals surface area contributed by atoms with Crippen molar-refractivity contribution in [2.24, 2.45) is 11.8 Å². The van der Waals surface area contributed by atoms with Crippen LogP contribution < -0.4 is 10.6 Å². The van der Waals surface area contributed by atoms with E-state index in [0.717, 1.165) is 12.0 Å². The minimum atomic E-state index is -1.73. The van der Waals surface area contributed by atoms with E-state index in [1.165, 1.54) is 0 Å². The first-order chi connectivity index (χ1) is 25.9. The van der Waals surface area contributed by atoms with Gasteiger partial charge in [0.1, 0.15) is 18.3 Å². The molecule has 320 valence electrons. The van der Waals surface area contributed by atoms with Gasteiger partial charge in [-0.2, -0.15) is 0 Å². The SMILES string of the molecule is OC[C@H]1N[C@H](Cc2ccccc2)[C@H](O)[C@@H](O)[C@@H]1O.[C-]#[N+][C@H]1C[C@H](CO[Si](C)(C)C)[C@@H](O[Si](C)(C)C)[C@H](O[Si](C)(C)C)[C@H]1C.[C-]#[N+][C@H]1N[C@H](CO)[C@@H](O)[C@H](O)[C@H]1O. The van der Waals surface area contributed by atoms with E-state index in [4.69, 9.17) is 36.6 Å². The van der Waals surface area contributed by atoms with Crippen molar-refractivity contribution in [1.29, 1.82) is 0 Å². The second kappa shape index (κ2) is 22.1. The summed E-state index contributed by atoms with van der Waals surface area (Å²) in [6, 6.07) is 7.80. The molecule has 0 radical (unpaired) electrons. The largest absolute Gasteiger partial charge is 0.417 e. The van der Waals surface area contributed by atoms with Gasteiger partial charge in [-0.15, -0.1) is 0 Å². The van der Waals surface area contributed by atoms with Crippen LogP contribution in [0.25, 0.3) is 9.69 Å². The number of nitrogens with one attached hydrogen (secondary N) is 2. The molecule has 56 heavy (non-hydrogen) atoms. The maximum absolute atomic E-state index is 9.93. The molecule has 0 aromatic heterocycles. The number of rotatable bonds is 11. The molecule has 1 aliphatic carbocycles. The predicted molar refractivity (Wildman–Crippen MR) is 222 cm³/mol. The van der Waals surface area contributed by atoms with Crippen molar-refractivity contribution in [1.82, 2.24) is 10.6 Å². The molecule has 15 atom stereocenters. The average molecular weight is 843 g/mol. The van der Waals surface area contributed by atoms with Crippen LogP contribution in [0.15, 0.2) is 30.3 Å². The summed E-state index contributed by atoms with van der Waals surface area (Å²) in [5.41, 5.74) is 1.02. The zero-order chi connectivity index (χ0) is 42.8. The van der Waals surface area contributed by atoms with Gasteiger partial charge in [-0.3, -0.25) is 4.85 Å².